The molecule has 2 aliphatic heterocycles. The van der Waals surface area contributed by atoms with Crippen LogP contribution in [0.25, 0.3) is 0 Å². The predicted molar refractivity (Wildman–Crippen MR) is 78.5 cm³/mol. The van der Waals surface area contributed by atoms with E-state index in [0.29, 0.717) is 11.6 Å². The molecular weight excluding hydrogens is 252 g/mol. The van der Waals surface area contributed by atoms with Crippen molar-refractivity contribution >= 4 is 5.91 Å². The molecule has 20 heavy (non-hydrogen) atoms. The maximum Gasteiger partial charge on any atom is 0.249 e. The van der Waals surface area contributed by atoms with Gasteiger partial charge in [-0.3, -0.25) is 14.6 Å². The second-order valence-electron chi connectivity index (χ2n) is 5.66. The van der Waals surface area contributed by atoms with E-state index in [4.69, 9.17) is 5.73 Å². The van der Waals surface area contributed by atoms with Gasteiger partial charge in [0.15, 0.2) is 0 Å². The highest BCUT2D eigenvalue weighted by Gasteiger charge is 2.32. The molecule has 0 radical (unpaired) electrons. The summed E-state index contributed by atoms with van der Waals surface area (Å²) in [5.41, 5.74) is 7.11. The molecule has 0 spiro atoms. The number of carbonyl (C=O) groups excluding carboxylic acids is 1. The van der Waals surface area contributed by atoms with Gasteiger partial charge in [0.1, 0.15) is 0 Å². The van der Waals surface area contributed by atoms with Crippen LogP contribution in [0.4, 0.5) is 0 Å². The third kappa shape index (κ3) is 2.85. The fourth-order valence-corrected chi connectivity index (χ4v) is 3.09. The minimum atomic E-state index is -0.334. The lowest BCUT2D eigenvalue weighted by Gasteiger charge is -2.47. The minimum Gasteiger partial charge on any atom is -0.366 e. The number of primary amides is 1. The van der Waals surface area contributed by atoms with Crippen LogP contribution < -0.4 is 11.1 Å². The molecule has 2 saturated heterocycles. The van der Waals surface area contributed by atoms with Crippen molar-refractivity contribution in [1.82, 2.24) is 15.1 Å². The number of nitrogens with zero attached hydrogens (tertiary/aromatic N) is 2. The van der Waals surface area contributed by atoms with E-state index >= 15 is 0 Å². The standard InChI is InChI=1S/C15H22N4O/c16-15(20)14-4-2-1-3-12(14)9-18-10-13(11-18)19-7-5-17-6-8-19/h1-4,13,17H,5-11H2,(H2,16,20). The maximum atomic E-state index is 11.4. The molecule has 0 saturated carbocycles. The molecule has 0 aliphatic carbocycles. The summed E-state index contributed by atoms with van der Waals surface area (Å²) in [7, 11) is 0. The van der Waals surface area contributed by atoms with Gasteiger partial charge in [-0.25, -0.2) is 0 Å². The van der Waals surface area contributed by atoms with Crippen molar-refractivity contribution in [3.8, 4) is 0 Å². The molecule has 108 valence electrons. The molecule has 2 aliphatic rings. The summed E-state index contributed by atoms with van der Waals surface area (Å²) in [6, 6.07) is 8.32. The zero-order chi connectivity index (χ0) is 13.9. The first-order valence-electron chi connectivity index (χ1n) is 7.29. The first-order chi connectivity index (χ1) is 9.74. The number of benzene rings is 1. The van der Waals surface area contributed by atoms with Crippen molar-refractivity contribution in [3.63, 3.8) is 0 Å². The van der Waals surface area contributed by atoms with Crippen molar-refractivity contribution < 1.29 is 4.79 Å². The summed E-state index contributed by atoms with van der Waals surface area (Å²) in [4.78, 5) is 16.4. The van der Waals surface area contributed by atoms with Crippen LogP contribution in [0.1, 0.15) is 15.9 Å². The zero-order valence-corrected chi connectivity index (χ0v) is 11.7. The molecular formula is C15H22N4O. The molecule has 2 fully saturated rings. The number of hydrogen-bond acceptors (Lipinski definition) is 4. The molecule has 1 amide bonds. The molecule has 0 bridgehead atoms. The van der Waals surface area contributed by atoms with Crippen molar-refractivity contribution in [1.29, 1.82) is 0 Å². The Morgan fingerprint density at radius 3 is 2.65 bits per heavy atom. The van der Waals surface area contributed by atoms with E-state index in [9.17, 15) is 4.79 Å². The van der Waals surface area contributed by atoms with E-state index in [1.54, 1.807) is 0 Å². The molecule has 0 unspecified atom stereocenters. The van der Waals surface area contributed by atoms with Gasteiger partial charge in [0.25, 0.3) is 0 Å². The lowest BCUT2D eigenvalue weighted by Crippen LogP contribution is -2.62. The summed E-state index contributed by atoms with van der Waals surface area (Å²) in [5.74, 6) is -0.334. The Morgan fingerprint density at radius 1 is 1.25 bits per heavy atom. The van der Waals surface area contributed by atoms with E-state index in [2.05, 4.69) is 15.1 Å². The molecule has 1 aromatic carbocycles. The Labute approximate surface area is 119 Å². The number of hydrogen-bond donors (Lipinski definition) is 2. The highest BCUT2D eigenvalue weighted by atomic mass is 16.1. The average Bonchev–Trinajstić information content (AvgIpc) is 2.43. The van der Waals surface area contributed by atoms with Gasteiger partial charge in [-0.2, -0.15) is 0 Å². The van der Waals surface area contributed by atoms with Crippen LogP contribution >= 0.6 is 0 Å². The highest BCUT2D eigenvalue weighted by Crippen LogP contribution is 2.20. The number of amides is 1. The summed E-state index contributed by atoms with van der Waals surface area (Å²) in [6.07, 6.45) is 0. The fourth-order valence-electron chi connectivity index (χ4n) is 3.09. The topological polar surface area (TPSA) is 61.6 Å². The van der Waals surface area contributed by atoms with Crippen LogP contribution in [0.2, 0.25) is 0 Å². The third-order valence-corrected chi connectivity index (χ3v) is 4.28. The van der Waals surface area contributed by atoms with Crippen molar-refractivity contribution in [3.05, 3.63) is 35.4 Å². The Bertz CT molecular complexity index is 479. The monoisotopic (exact) mass is 274 g/mol. The Morgan fingerprint density at radius 2 is 1.95 bits per heavy atom. The van der Waals surface area contributed by atoms with Gasteiger partial charge in [0.05, 0.1) is 0 Å². The maximum absolute atomic E-state index is 11.4. The highest BCUT2D eigenvalue weighted by molar-refractivity contribution is 5.94. The molecule has 5 nitrogen and oxygen atoms in total. The first-order valence-corrected chi connectivity index (χ1v) is 7.29. The molecule has 0 atom stereocenters. The van der Waals surface area contributed by atoms with Gasteiger partial charge >= 0.3 is 0 Å². The second kappa shape index (κ2) is 5.91. The molecule has 2 heterocycles. The van der Waals surface area contributed by atoms with Crippen LogP contribution in [-0.4, -0.2) is 61.0 Å². The first kappa shape index (κ1) is 13.5. The van der Waals surface area contributed by atoms with E-state index in [-0.39, 0.29) is 5.91 Å². The van der Waals surface area contributed by atoms with Gasteiger partial charge < -0.3 is 11.1 Å². The van der Waals surface area contributed by atoms with Gasteiger partial charge in [-0.15, -0.1) is 0 Å². The van der Waals surface area contributed by atoms with Crippen molar-refractivity contribution in [2.75, 3.05) is 39.3 Å². The van der Waals surface area contributed by atoms with E-state index in [1.807, 2.05) is 24.3 Å². The van der Waals surface area contributed by atoms with Gasteiger partial charge in [0, 0.05) is 57.4 Å². The van der Waals surface area contributed by atoms with E-state index in [0.717, 1.165) is 51.4 Å². The minimum absolute atomic E-state index is 0.334. The number of carbonyl (C=O) groups is 1. The number of piperazine rings is 1. The Kier molecular flexibility index (Phi) is 4.00. The number of nitrogens with one attached hydrogen (secondary N) is 1. The van der Waals surface area contributed by atoms with Crippen LogP contribution in [0.3, 0.4) is 0 Å². The summed E-state index contributed by atoms with van der Waals surface area (Å²) < 4.78 is 0. The van der Waals surface area contributed by atoms with E-state index < -0.39 is 0 Å². The molecule has 3 rings (SSSR count). The van der Waals surface area contributed by atoms with Gasteiger partial charge in [-0.05, 0) is 11.6 Å². The van der Waals surface area contributed by atoms with Crippen LogP contribution in [-0.2, 0) is 6.54 Å². The van der Waals surface area contributed by atoms with Gasteiger partial charge in [0.2, 0.25) is 5.91 Å². The van der Waals surface area contributed by atoms with Crippen LogP contribution in [0.15, 0.2) is 24.3 Å². The van der Waals surface area contributed by atoms with E-state index in [1.165, 1.54) is 0 Å². The average molecular weight is 274 g/mol. The number of likely N-dealkylation sites (tertiary alicyclic amines) is 1. The van der Waals surface area contributed by atoms with Crippen molar-refractivity contribution in [2.45, 2.75) is 12.6 Å². The lowest BCUT2D eigenvalue weighted by molar-refractivity contribution is 0.0222. The number of nitrogens with two attached hydrogens (primary N) is 1. The Hall–Kier alpha value is -1.43. The number of rotatable bonds is 4. The SMILES string of the molecule is NC(=O)c1ccccc1CN1CC(N2CCNCC2)C1. The quantitative estimate of drug-likeness (QED) is 0.803. The smallest absolute Gasteiger partial charge is 0.249 e. The molecule has 3 N–H and O–H groups in total. The summed E-state index contributed by atoms with van der Waals surface area (Å²) in [6.45, 7) is 7.50. The third-order valence-electron chi connectivity index (χ3n) is 4.28. The summed E-state index contributed by atoms with van der Waals surface area (Å²) >= 11 is 0. The van der Waals surface area contributed by atoms with Crippen molar-refractivity contribution in [2.24, 2.45) is 5.73 Å². The fraction of sp³-hybridized carbons (Fsp3) is 0.533. The Balaban J connectivity index is 1.55. The normalized spacial score (nSPS) is 21.6. The molecule has 1 aromatic rings. The second-order valence-corrected chi connectivity index (χ2v) is 5.66. The summed E-state index contributed by atoms with van der Waals surface area (Å²) in [5, 5.41) is 3.38. The molecule has 5 heteroatoms. The van der Waals surface area contributed by atoms with Crippen LogP contribution in [0.5, 0.6) is 0 Å². The molecule has 0 aromatic heterocycles. The van der Waals surface area contributed by atoms with Gasteiger partial charge in [-0.1, -0.05) is 18.2 Å². The largest absolute Gasteiger partial charge is 0.366 e. The zero-order valence-electron chi connectivity index (χ0n) is 11.7. The predicted octanol–water partition coefficient (Wildman–Crippen LogP) is -0.125. The lowest BCUT2D eigenvalue weighted by atomic mass is 10.0. The van der Waals surface area contributed by atoms with Crippen LogP contribution in [0, 0.1) is 0 Å².